The number of rotatable bonds is 4. The van der Waals surface area contributed by atoms with Crippen LogP contribution in [0.15, 0.2) is 30.3 Å². The fourth-order valence-corrected chi connectivity index (χ4v) is 4.77. The zero-order valence-corrected chi connectivity index (χ0v) is 16.1. The maximum atomic E-state index is 12.7. The van der Waals surface area contributed by atoms with Crippen molar-refractivity contribution in [2.24, 2.45) is 23.5 Å². The Morgan fingerprint density at radius 2 is 1.92 bits per heavy atom. The number of nitrogens with one attached hydrogen (secondary N) is 1. The highest BCUT2D eigenvalue weighted by Crippen LogP contribution is 2.47. The van der Waals surface area contributed by atoms with E-state index >= 15 is 0 Å². The van der Waals surface area contributed by atoms with Gasteiger partial charge in [0, 0.05) is 23.8 Å². The van der Waals surface area contributed by atoms with Gasteiger partial charge in [0.2, 0.25) is 5.91 Å². The van der Waals surface area contributed by atoms with E-state index in [9.17, 15) is 4.79 Å². The summed E-state index contributed by atoms with van der Waals surface area (Å²) in [6.07, 6.45) is 3.47. The fourth-order valence-electron chi connectivity index (χ4n) is 4.77. The van der Waals surface area contributed by atoms with Crippen LogP contribution in [0.3, 0.4) is 0 Å². The second-order valence-corrected chi connectivity index (χ2v) is 7.55. The lowest BCUT2D eigenvalue weighted by molar-refractivity contribution is -0.127. The van der Waals surface area contributed by atoms with Crippen molar-refractivity contribution < 1.29 is 4.79 Å². The molecule has 4 atom stereocenters. The largest absolute Gasteiger partial charge is 0.352 e. The number of nitrogens with two attached hydrogens (primary N) is 1. The summed E-state index contributed by atoms with van der Waals surface area (Å²) in [6.45, 7) is 4.57. The van der Waals surface area contributed by atoms with Crippen LogP contribution in [0.4, 0.5) is 0 Å². The van der Waals surface area contributed by atoms with E-state index in [2.05, 4.69) is 17.3 Å². The fraction of sp³-hybridized carbons (Fsp3) is 0.500. The van der Waals surface area contributed by atoms with Gasteiger partial charge in [-0.2, -0.15) is 5.10 Å². The van der Waals surface area contributed by atoms with Gasteiger partial charge >= 0.3 is 0 Å². The first-order valence-electron chi connectivity index (χ1n) is 9.20. The first kappa shape index (κ1) is 18.9. The maximum absolute atomic E-state index is 12.7. The summed E-state index contributed by atoms with van der Waals surface area (Å²) in [4.78, 5) is 12.7. The SMILES string of the molecule is Cc1nn(-c2ccccc2)c(C)c1CNC(=O)C1C2CCC(C2)C1N.Cl. The Kier molecular flexibility index (Phi) is 5.39. The summed E-state index contributed by atoms with van der Waals surface area (Å²) >= 11 is 0. The van der Waals surface area contributed by atoms with E-state index in [1.165, 1.54) is 6.42 Å². The van der Waals surface area contributed by atoms with E-state index in [1.807, 2.05) is 41.9 Å². The predicted molar refractivity (Wildman–Crippen MR) is 104 cm³/mol. The molecule has 0 aliphatic heterocycles. The summed E-state index contributed by atoms with van der Waals surface area (Å²) in [5, 5.41) is 7.78. The lowest BCUT2D eigenvalue weighted by Gasteiger charge is -2.27. The number of hydrogen-bond acceptors (Lipinski definition) is 3. The summed E-state index contributed by atoms with van der Waals surface area (Å²) in [6, 6.07) is 10.1. The number of carbonyl (C=O) groups is 1. The lowest BCUT2D eigenvalue weighted by Crippen LogP contribution is -2.45. The molecule has 2 aromatic rings. The van der Waals surface area contributed by atoms with Gasteiger partial charge in [-0.15, -0.1) is 12.4 Å². The molecular formula is C20H27ClN4O. The number of carbonyl (C=O) groups excluding carboxylic acids is 1. The van der Waals surface area contributed by atoms with Crippen LogP contribution in [0.2, 0.25) is 0 Å². The Morgan fingerprint density at radius 1 is 1.23 bits per heavy atom. The van der Waals surface area contributed by atoms with Crippen LogP contribution in [-0.2, 0) is 11.3 Å². The number of hydrogen-bond donors (Lipinski definition) is 2. The third-order valence-corrected chi connectivity index (χ3v) is 6.16. The quantitative estimate of drug-likeness (QED) is 0.864. The number of para-hydroxylation sites is 1. The first-order valence-corrected chi connectivity index (χ1v) is 9.20. The molecule has 2 saturated carbocycles. The van der Waals surface area contributed by atoms with Gasteiger partial charge < -0.3 is 11.1 Å². The predicted octanol–water partition coefficient (Wildman–Crippen LogP) is 2.90. The Balaban J connectivity index is 0.00000196. The van der Waals surface area contributed by atoms with Gasteiger partial charge in [-0.25, -0.2) is 4.68 Å². The highest BCUT2D eigenvalue weighted by molar-refractivity contribution is 5.85. The van der Waals surface area contributed by atoms with Crippen molar-refractivity contribution in [3.63, 3.8) is 0 Å². The van der Waals surface area contributed by atoms with Crippen molar-refractivity contribution in [2.75, 3.05) is 0 Å². The van der Waals surface area contributed by atoms with Gasteiger partial charge in [-0.3, -0.25) is 4.79 Å². The van der Waals surface area contributed by atoms with Gasteiger partial charge in [0.05, 0.1) is 17.3 Å². The molecule has 1 aromatic heterocycles. The minimum absolute atomic E-state index is 0. The second-order valence-electron chi connectivity index (χ2n) is 7.55. The van der Waals surface area contributed by atoms with Crippen LogP contribution in [0, 0.1) is 31.6 Å². The molecule has 26 heavy (non-hydrogen) atoms. The first-order chi connectivity index (χ1) is 12.1. The minimum Gasteiger partial charge on any atom is -0.352 e. The Morgan fingerprint density at radius 3 is 2.58 bits per heavy atom. The Labute approximate surface area is 160 Å². The van der Waals surface area contributed by atoms with Crippen LogP contribution in [-0.4, -0.2) is 21.7 Å². The smallest absolute Gasteiger partial charge is 0.225 e. The molecule has 2 fully saturated rings. The number of fused-ring (bicyclic) bond motifs is 2. The van der Waals surface area contributed by atoms with Crippen LogP contribution >= 0.6 is 12.4 Å². The van der Waals surface area contributed by atoms with Gasteiger partial charge in [0.15, 0.2) is 0 Å². The number of benzene rings is 1. The maximum Gasteiger partial charge on any atom is 0.225 e. The van der Waals surface area contributed by atoms with Gasteiger partial charge in [0.1, 0.15) is 0 Å². The molecule has 1 heterocycles. The highest BCUT2D eigenvalue weighted by Gasteiger charge is 2.48. The molecule has 1 amide bonds. The van der Waals surface area contributed by atoms with E-state index in [0.717, 1.165) is 35.5 Å². The normalized spacial score (nSPS) is 26.6. The third-order valence-electron chi connectivity index (χ3n) is 6.16. The van der Waals surface area contributed by atoms with Crippen LogP contribution in [0.25, 0.3) is 5.69 Å². The molecule has 2 bridgehead atoms. The van der Waals surface area contributed by atoms with Gasteiger partial charge in [0.25, 0.3) is 0 Å². The summed E-state index contributed by atoms with van der Waals surface area (Å²) in [5.74, 6) is 1.13. The monoisotopic (exact) mass is 374 g/mol. The van der Waals surface area contributed by atoms with E-state index < -0.39 is 0 Å². The Hall–Kier alpha value is -1.85. The van der Waals surface area contributed by atoms with Crippen LogP contribution < -0.4 is 11.1 Å². The van der Waals surface area contributed by atoms with Crippen molar-refractivity contribution in [2.45, 2.75) is 45.7 Å². The van der Waals surface area contributed by atoms with Gasteiger partial charge in [-0.05, 0) is 57.1 Å². The molecule has 0 saturated heterocycles. The van der Waals surface area contributed by atoms with Crippen molar-refractivity contribution in [3.8, 4) is 5.69 Å². The number of aryl methyl sites for hydroxylation is 1. The molecule has 0 radical (unpaired) electrons. The van der Waals surface area contributed by atoms with E-state index in [4.69, 9.17) is 5.73 Å². The number of amides is 1. The third kappa shape index (κ3) is 3.14. The average molecular weight is 375 g/mol. The summed E-state index contributed by atoms with van der Waals surface area (Å²) in [5.41, 5.74) is 10.5. The van der Waals surface area contributed by atoms with E-state index in [0.29, 0.717) is 18.4 Å². The summed E-state index contributed by atoms with van der Waals surface area (Å²) in [7, 11) is 0. The van der Waals surface area contributed by atoms with Crippen molar-refractivity contribution in [1.82, 2.24) is 15.1 Å². The second kappa shape index (κ2) is 7.41. The zero-order chi connectivity index (χ0) is 17.6. The zero-order valence-electron chi connectivity index (χ0n) is 15.3. The highest BCUT2D eigenvalue weighted by atomic mass is 35.5. The number of aromatic nitrogens is 2. The van der Waals surface area contributed by atoms with Gasteiger partial charge in [-0.1, -0.05) is 18.2 Å². The molecule has 2 aliphatic rings. The molecule has 4 rings (SSSR count). The van der Waals surface area contributed by atoms with E-state index in [1.54, 1.807) is 0 Å². The number of halogens is 1. The van der Waals surface area contributed by atoms with E-state index in [-0.39, 0.29) is 30.3 Å². The molecule has 140 valence electrons. The molecule has 4 unspecified atom stereocenters. The molecule has 1 aromatic carbocycles. The lowest BCUT2D eigenvalue weighted by atomic mass is 9.84. The molecular weight excluding hydrogens is 348 g/mol. The van der Waals surface area contributed by atoms with Crippen LogP contribution in [0.1, 0.15) is 36.2 Å². The molecule has 2 aliphatic carbocycles. The van der Waals surface area contributed by atoms with Crippen molar-refractivity contribution >= 4 is 18.3 Å². The number of nitrogens with zero attached hydrogens (tertiary/aromatic N) is 2. The molecule has 3 N–H and O–H groups in total. The molecule has 0 spiro atoms. The molecule has 6 heteroatoms. The molecule has 5 nitrogen and oxygen atoms in total. The standard InChI is InChI=1S/C20H26N4O.ClH/c1-12-17(13(2)24(23-12)16-6-4-3-5-7-16)11-22-20(25)18-14-8-9-15(10-14)19(18)21;/h3-7,14-15,18-19H,8-11,21H2,1-2H3,(H,22,25);1H. The summed E-state index contributed by atoms with van der Waals surface area (Å²) < 4.78 is 1.94. The average Bonchev–Trinajstić information content (AvgIpc) is 3.28. The van der Waals surface area contributed by atoms with Crippen molar-refractivity contribution in [1.29, 1.82) is 0 Å². The minimum atomic E-state index is -0.0106. The Bertz CT molecular complexity index is 787. The topological polar surface area (TPSA) is 72.9 Å². The van der Waals surface area contributed by atoms with Crippen molar-refractivity contribution in [3.05, 3.63) is 47.3 Å². The van der Waals surface area contributed by atoms with Crippen LogP contribution in [0.5, 0.6) is 0 Å².